The molecule has 0 spiro atoms. The number of anilines is 1. The highest BCUT2D eigenvalue weighted by Crippen LogP contribution is 2.23. The molecule has 0 bridgehead atoms. The van der Waals surface area contributed by atoms with Gasteiger partial charge in [0.15, 0.2) is 17.5 Å². The zero-order chi connectivity index (χ0) is 15.0. The van der Waals surface area contributed by atoms with E-state index in [4.69, 9.17) is 0 Å². The van der Waals surface area contributed by atoms with Gasteiger partial charge in [-0.1, -0.05) is 18.2 Å². The predicted molar refractivity (Wildman–Crippen MR) is 76.6 cm³/mol. The van der Waals surface area contributed by atoms with Crippen molar-refractivity contribution in [1.29, 1.82) is 0 Å². The first-order valence-corrected chi connectivity index (χ1v) is 6.48. The van der Waals surface area contributed by atoms with Crippen molar-refractivity contribution in [2.24, 2.45) is 7.05 Å². The van der Waals surface area contributed by atoms with Gasteiger partial charge in [0, 0.05) is 30.7 Å². The number of fused-ring (bicyclic) bond motifs is 1. The number of nitrogens with zero attached hydrogens (tertiary/aromatic N) is 1. The van der Waals surface area contributed by atoms with Crippen LogP contribution in [0.3, 0.4) is 0 Å². The van der Waals surface area contributed by atoms with Crippen molar-refractivity contribution in [3.05, 3.63) is 65.6 Å². The van der Waals surface area contributed by atoms with E-state index in [1.807, 2.05) is 42.1 Å². The molecule has 1 aromatic heterocycles. The van der Waals surface area contributed by atoms with E-state index in [1.54, 1.807) is 0 Å². The van der Waals surface area contributed by atoms with E-state index < -0.39 is 17.5 Å². The maximum absolute atomic E-state index is 13.6. The molecule has 108 valence electrons. The number of aromatic nitrogens is 1. The van der Waals surface area contributed by atoms with Crippen LogP contribution in [0.1, 0.15) is 5.56 Å². The van der Waals surface area contributed by atoms with Crippen LogP contribution in [0.25, 0.3) is 10.9 Å². The lowest BCUT2D eigenvalue weighted by Crippen LogP contribution is -2.03. The van der Waals surface area contributed by atoms with Crippen molar-refractivity contribution in [3.63, 3.8) is 0 Å². The SMILES string of the molecule is Cn1cc(CNc2ccc(F)c(F)c2F)c2ccccc21. The Morgan fingerprint density at radius 1 is 1.00 bits per heavy atom. The molecule has 0 atom stereocenters. The first-order valence-electron chi connectivity index (χ1n) is 6.48. The van der Waals surface area contributed by atoms with Crippen molar-refractivity contribution in [2.45, 2.75) is 6.54 Å². The number of halogens is 3. The standard InChI is InChI=1S/C16H13F3N2/c1-21-9-10(11-4-2-3-5-14(11)21)8-20-13-7-6-12(17)15(18)16(13)19/h2-7,9,20H,8H2,1H3. The van der Waals surface area contributed by atoms with Gasteiger partial charge in [-0.05, 0) is 23.8 Å². The molecule has 21 heavy (non-hydrogen) atoms. The number of rotatable bonds is 3. The van der Waals surface area contributed by atoms with Gasteiger partial charge in [0.25, 0.3) is 0 Å². The smallest absolute Gasteiger partial charge is 0.196 e. The molecule has 3 rings (SSSR count). The first-order chi connectivity index (χ1) is 10.1. The molecule has 1 heterocycles. The summed E-state index contributed by atoms with van der Waals surface area (Å²) >= 11 is 0. The first kappa shape index (κ1) is 13.5. The molecule has 2 nitrogen and oxygen atoms in total. The van der Waals surface area contributed by atoms with Crippen LogP contribution < -0.4 is 5.32 Å². The van der Waals surface area contributed by atoms with Gasteiger partial charge in [-0.3, -0.25) is 0 Å². The highest BCUT2D eigenvalue weighted by molar-refractivity contribution is 5.84. The summed E-state index contributed by atoms with van der Waals surface area (Å²) in [4.78, 5) is 0. The number of benzene rings is 2. The third-order valence-corrected chi connectivity index (χ3v) is 3.48. The topological polar surface area (TPSA) is 17.0 Å². The molecule has 5 heteroatoms. The van der Waals surface area contributed by atoms with Crippen LogP contribution in [-0.2, 0) is 13.6 Å². The predicted octanol–water partition coefficient (Wildman–Crippen LogP) is 4.21. The highest BCUT2D eigenvalue weighted by Gasteiger charge is 2.13. The molecule has 0 radical (unpaired) electrons. The number of para-hydroxylation sites is 1. The second kappa shape index (κ2) is 5.16. The van der Waals surface area contributed by atoms with E-state index in [0.29, 0.717) is 6.54 Å². The molecule has 1 N–H and O–H groups in total. The van der Waals surface area contributed by atoms with Crippen LogP contribution in [0, 0.1) is 17.5 Å². The lowest BCUT2D eigenvalue weighted by atomic mass is 10.1. The Labute approximate surface area is 119 Å². The molecule has 2 aromatic carbocycles. The Kier molecular flexibility index (Phi) is 3.33. The fourth-order valence-electron chi connectivity index (χ4n) is 2.42. The second-order valence-electron chi connectivity index (χ2n) is 4.86. The van der Waals surface area contributed by atoms with Crippen molar-refractivity contribution >= 4 is 16.6 Å². The van der Waals surface area contributed by atoms with Crippen LogP contribution in [0.15, 0.2) is 42.6 Å². The zero-order valence-electron chi connectivity index (χ0n) is 11.3. The van der Waals surface area contributed by atoms with Crippen molar-refractivity contribution in [1.82, 2.24) is 4.57 Å². The Hall–Kier alpha value is -2.43. The summed E-state index contributed by atoms with van der Waals surface area (Å²) in [5.41, 5.74) is 1.96. The highest BCUT2D eigenvalue weighted by atomic mass is 19.2. The molecule has 0 saturated heterocycles. The zero-order valence-corrected chi connectivity index (χ0v) is 11.3. The average molecular weight is 290 g/mol. The molecule has 0 saturated carbocycles. The molecule has 0 aliphatic heterocycles. The Morgan fingerprint density at radius 2 is 1.76 bits per heavy atom. The average Bonchev–Trinajstić information content (AvgIpc) is 2.81. The van der Waals surface area contributed by atoms with Crippen LogP contribution in [-0.4, -0.2) is 4.57 Å². The molecular formula is C16H13F3N2. The monoisotopic (exact) mass is 290 g/mol. The van der Waals surface area contributed by atoms with Gasteiger partial charge < -0.3 is 9.88 Å². The Morgan fingerprint density at radius 3 is 2.57 bits per heavy atom. The van der Waals surface area contributed by atoms with Crippen molar-refractivity contribution < 1.29 is 13.2 Å². The van der Waals surface area contributed by atoms with Crippen LogP contribution in [0.2, 0.25) is 0 Å². The number of aryl methyl sites for hydroxylation is 1. The van der Waals surface area contributed by atoms with Crippen molar-refractivity contribution in [3.8, 4) is 0 Å². The van der Waals surface area contributed by atoms with Gasteiger partial charge in [-0.15, -0.1) is 0 Å². The second-order valence-corrected chi connectivity index (χ2v) is 4.86. The molecule has 0 fully saturated rings. The lowest BCUT2D eigenvalue weighted by Gasteiger charge is -2.07. The van der Waals surface area contributed by atoms with Gasteiger partial charge in [0.2, 0.25) is 0 Å². The largest absolute Gasteiger partial charge is 0.378 e. The summed E-state index contributed by atoms with van der Waals surface area (Å²) in [6.07, 6.45) is 1.93. The van der Waals surface area contributed by atoms with Gasteiger partial charge >= 0.3 is 0 Å². The molecule has 3 aromatic rings. The normalized spacial score (nSPS) is 11.0. The maximum Gasteiger partial charge on any atom is 0.196 e. The molecule has 0 amide bonds. The number of hydrogen-bond donors (Lipinski definition) is 1. The summed E-state index contributed by atoms with van der Waals surface area (Å²) in [5, 5.41) is 3.85. The summed E-state index contributed by atoms with van der Waals surface area (Å²) in [6.45, 7) is 0.323. The minimum absolute atomic E-state index is 0.0539. The van der Waals surface area contributed by atoms with Crippen LogP contribution in [0.5, 0.6) is 0 Å². The van der Waals surface area contributed by atoms with Crippen molar-refractivity contribution in [2.75, 3.05) is 5.32 Å². The van der Waals surface area contributed by atoms with E-state index >= 15 is 0 Å². The summed E-state index contributed by atoms with van der Waals surface area (Å²) in [7, 11) is 1.92. The van der Waals surface area contributed by atoms with Gasteiger partial charge in [-0.2, -0.15) is 0 Å². The molecule has 0 aliphatic rings. The van der Waals surface area contributed by atoms with E-state index in [-0.39, 0.29) is 5.69 Å². The summed E-state index contributed by atoms with van der Waals surface area (Å²) < 4.78 is 41.6. The van der Waals surface area contributed by atoms with Crippen LogP contribution in [0.4, 0.5) is 18.9 Å². The third-order valence-electron chi connectivity index (χ3n) is 3.48. The van der Waals surface area contributed by atoms with Gasteiger partial charge in [0.05, 0.1) is 5.69 Å². The minimum atomic E-state index is -1.46. The van der Waals surface area contributed by atoms with E-state index in [9.17, 15) is 13.2 Å². The fourth-order valence-corrected chi connectivity index (χ4v) is 2.42. The Bertz CT molecular complexity index is 809. The maximum atomic E-state index is 13.6. The van der Waals surface area contributed by atoms with Gasteiger partial charge in [0.1, 0.15) is 0 Å². The third kappa shape index (κ3) is 2.35. The van der Waals surface area contributed by atoms with E-state index in [0.717, 1.165) is 22.5 Å². The molecular weight excluding hydrogens is 277 g/mol. The Balaban J connectivity index is 1.89. The fraction of sp³-hybridized carbons (Fsp3) is 0.125. The van der Waals surface area contributed by atoms with E-state index in [1.165, 1.54) is 6.07 Å². The lowest BCUT2D eigenvalue weighted by molar-refractivity contribution is 0.449. The van der Waals surface area contributed by atoms with E-state index in [2.05, 4.69) is 5.32 Å². The number of nitrogens with one attached hydrogen (secondary N) is 1. The number of hydrogen-bond acceptors (Lipinski definition) is 1. The quantitative estimate of drug-likeness (QED) is 0.715. The summed E-state index contributed by atoms with van der Waals surface area (Å²) in [6, 6.07) is 9.91. The van der Waals surface area contributed by atoms with Crippen LogP contribution >= 0.6 is 0 Å². The molecule has 0 unspecified atom stereocenters. The summed E-state index contributed by atoms with van der Waals surface area (Å²) in [5.74, 6) is -3.85. The molecule has 0 aliphatic carbocycles. The van der Waals surface area contributed by atoms with Gasteiger partial charge in [-0.25, -0.2) is 13.2 Å². The minimum Gasteiger partial charge on any atom is -0.378 e.